The van der Waals surface area contributed by atoms with Gasteiger partial charge in [0.05, 0.1) is 17.7 Å². The van der Waals surface area contributed by atoms with Crippen LogP contribution in [0, 0.1) is 13.8 Å². The SMILES string of the molecule is CC[C@@H](C(=O)NC)N(Cc1ccccc1C)C(=O)CN(c1ccc(OC)cc1)S(=O)(=O)c1ccc(C)cc1. The molecule has 0 heterocycles. The summed E-state index contributed by atoms with van der Waals surface area (Å²) < 4.78 is 34.0. The van der Waals surface area contributed by atoms with Gasteiger partial charge < -0.3 is 15.0 Å². The first-order chi connectivity index (χ1) is 18.1. The molecule has 38 heavy (non-hydrogen) atoms. The van der Waals surface area contributed by atoms with Gasteiger partial charge in [0.1, 0.15) is 18.3 Å². The number of sulfonamides is 1. The minimum atomic E-state index is -4.11. The van der Waals surface area contributed by atoms with Crippen LogP contribution in [0.5, 0.6) is 5.75 Å². The summed E-state index contributed by atoms with van der Waals surface area (Å²) in [7, 11) is -1.07. The average molecular weight is 538 g/mol. The van der Waals surface area contributed by atoms with Crippen LogP contribution in [0.25, 0.3) is 0 Å². The van der Waals surface area contributed by atoms with Crippen LogP contribution in [0.4, 0.5) is 5.69 Å². The van der Waals surface area contributed by atoms with Crippen LogP contribution in [0.15, 0.2) is 77.7 Å². The molecule has 0 spiro atoms. The standard InChI is InChI=1S/C29H35N3O5S/c1-6-27(29(34)30-4)31(19-23-10-8-7-9-22(23)3)28(33)20-32(24-13-15-25(37-5)16-14-24)38(35,36)26-17-11-21(2)12-18-26/h7-18,27H,6,19-20H2,1-5H3,(H,30,34)/t27-/m0/s1. The summed E-state index contributed by atoms with van der Waals surface area (Å²) >= 11 is 0. The zero-order valence-electron chi connectivity index (χ0n) is 22.5. The minimum absolute atomic E-state index is 0.0653. The molecule has 0 fully saturated rings. The summed E-state index contributed by atoms with van der Waals surface area (Å²) in [5, 5.41) is 2.63. The molecule has 9 heteroatoms. The lowest BCUT2D eigenvalue weighted by atomic mass is 10.1. The lowest BCUT2D eigenvalue weighted by molar-refractivity contribution is -0.140. The third-order valence-electron chi connectivity index (χ3n) is 6.48. The normalized spacial score (nSPS) is 11.9. The maximum atomic E-state index is 13.9. The van der Waals surface area contributed by atoms with Crippen molar-refractivity contribution in [3.63, 3.8) is 0 Å². The van der Waals surface area contributed by atoms with Crippen molar-refractivity contribution in [2.75, 3.05) is 25.0 Å². The molecule has 0 aliphatic rings. The first kappa shape index (κ1) is 28.7. The first-order valence-electron chi connectivity index (χ1n) is 12.4. The highest BCUT2D eigenvalue weighted by Crippen LogP contribution is 2.27. The second-order valence-electron chi connectivity index (χ2n) is 9.01. The molecular formula is C29H35N3O5S. The second kappa shape index (κ2) is 12.6. The van der Waals surface area contributed by atoms with Crippen LogP contribution < -0.4 is 14.4 Å². The van der Waals surface area contributed by atoms with Gasteiger partial charge in [0, 0.05) is 13.6 Å². The van der Waals surface area contributed by atoms with E-state index in [4.69, 9.17) is 4.74 Å². The molecule has 0 aliphatic heterocycles. The van der Waals surface area contributed by atoms with Gasteiger partial charge in [-0.15, -0.1) is 0 Å². The minimum Gasteiger partial charge on any atom is -0.497 e. The van der Waals surface area contributed by atoms with Crippen LogP contribution in [-0.4, -0.2) is 51.9 Å². The number of anilines is 1. The highest BCUT2D eigenvalue weighted by atomic mass is 32.2. The molecule has 3 aromatic carbocycles. The lowest BCUT2D eigenvalue weighted by Gasteiger charge is -2.33. The van der Waals surface area contributed by atoms with Gasteiger partial charge in [0.15, 0.2) is 0 Å². The van der Waals surface area contributed by atoms with E-state index in [0.29, 0.717) is 17.9 Å². The fourth-order valence-corrected chi connectivity index (χ4v) is 5.59. The van der Waals surface area contributed by atoms with Crippen molar-refractivity contribution in [3.05, 3.63) is 89.5 Å². The monoisotopic (exact) mass is 537 g/mol. The molecule has 1 atom stereocenters. The van der Waals surface area contributed by atoms with Crippen LogP contribution in [-0.2, 0) is 26.2 Å². The van der Waals surface area contributed by atoms with E-state index in [1.807, 2.05) is 45.0 Å². The Kier molecular flexibility index (Phi) is 9.52. The summed E-state index contributed by atoms with van der Waals surface area (Å²) in [5.74, 6) is -0.248. The number of nitrogens with one attached hydrogen (secondary N) is 1. The fraction of sp³-hybridized carbons (Fsp3) is 0.310. The fourth-order valence-electron chi connectivity index (χ4n) is 4.17. The van der Waals surface area contributed by atoms with Crippen molar-refractivity contribution in [2.24, 2.45) is 0 Å². The zero-order chi connectivity index (χ0) is 27.9. The molecule has 0 unspecified atom stereocenters. The third kappa shape index (κ3) is 6.52. The Morgan fingerprint density at radius 3 is 2.13 bits per heavy atom. The first-order valence-corrected chi connectivity index (χ1v) is 13.8. The second-order valence-corrected chi connectivity index (χ2v) is 10.9. The van der Waals surface area contributed by atoms with Gasteiger partial charge in [-0.25, -0.2) is 8.42 Å². The number of ether oxygens (including phenoxy) is 1. The molecule has 8 nitrogen and oxygen atoms in total. The maximum Gasteiger partial charge on any atom is 0.264 e. The largest absolute Gasteiger partial charge is 0.497 e. The zero-order valence-corrected chi connectivity index (χ0v) is 23.3. The molecule has 0 saturated heterocycles. The Morgan fingerprint density at radius 2 is 1.58 bits per heavy atom. The molecule has 0 saturated carbocycles. The predicted molar refractivity (Wildman–Crippen MR) is 149 cm³/mol. The van der Waals surface area contributed by atoms with E-state index in [-0.39, 0.29) is 17.3 Å². The molecule has 2 amide bonds. The number of methoxy groups -OCH3 is 1. The van der Waals surface area contributed by atoms with Crippen LogP contribution in [0.2, 0.25) is 0 Å². The van der Waals surface area contributed by atoms with Crippen LogP contribution in [0.1, 0.15) is 30.0 Å². The Labute approximate surface area is 225 Å². The summed E-state index contributed by atoms with van der Waals surface area (Å²) in [6.07, 6.45) is 0.366. The lowest BCUT2D eigenvalue weighted by Crippen LogP contribution is -2.51. The Bertz CT molecular complexity index is 1360. The molecular weight excluding hydrogens is 502 g/mol. The molecule has 0 aliphatic carbocycles. The van der Waals surface area contributed by atoms with E-state index in [1.165, 1.54) is 31.2 Å². The van der Waals surface area contributed by atoms with Crippen molar-refractivity contribution < 1.29 is 22.7 Å². The molecule has 3 aromatic rings. The Morgan fingerprint density at radius 1 is 0.947 bits per heavy atom. The van der Waals surface area contributed by atoms with E-state index < -0.39 is 28.5 Å². The van der Waals surface area contributed by atoms with E-state index in [1.54, 1.807) is 36.4 Å². The van der Waals surface area contributed by atoms with Crippen molar-refractivity contribution in [2.45, 2.75) is 44.7 Å². The van der Waals surface area contributed by atoms with Gasteiger partial charge in [-0.1, -0.05) is 48.9 Å². The molecule has 0 radical (unpaired) electrons. The maximum absolute atomic E-state index is 13.9. The molecule has 3 rings (SSSR count). The smallest absolute Gasteiger partial charge is 0.264 e. The Hall–Kier alpha value is -3.85. The van der Waals surface area contributed by atoms with E-state index >= 15 is 0 Å². The molecule has 202 valence electrons. The van der Waals surface area contributed by atoms with Gasteiger partial charge in [-0.05, 0) is 67.8 Å². The summed E-state index contributed by atoms with van der Waals surface area (Å²) in [5.41, 5.74) is 3.07. The number of carbonyl (C=O) groups is 2. The van der Waals surface area contributed by atoms with Gasteiger partial charge >= 0.3 is 0 Å². The van der Waals surface area contributed by atoms with Crippen LogP contribution >= 0.6 is 0 Å². The highest BCUT2D eigenvalue weighted by Gasteiger charge is 2.33. The van der Waals surface area contributed by atoms with Crippen molar-refractivity contribution in [3.8, 4) is 5.75 Å². The van der Waals surface area contributed by atoms with Crippen molar-refractivity contribution in [1.29, 1.82) is 0 Å². The van der Waals surface area contributed by atoms with Gasteiger partial charge in [0.2, 0.25) is 11.8 Å². The predicted octanol–water partition coefficient (Wildman–Crippen LogP) is 4.06. The van der Waals surface area contributed by atoms with Gasteiger partial charge in [-0.2, -0.15) is 0 Å². The van der Waals surface area contributed by atoms with Crippen molar-refractivity contribution in [1.82, 2.24) is 10.2 Å². The number of aryl methyl sites for hydroxylation is 2. The number of likely N-dealkylation sites (N-methyl/N-ethyl adjacent to an activating group) is 1. The number of rotatable bonds is 11. The topological polar surface area (TPSA) is 96.0 Å². The van der Waals surface area contributed by atoms with Gasteiger partial charge in [-0.3, -0.25) is 13.9 Å². The van der Waals surface area contributed by atoms with E-state index in [2.05, 4.69) is 5.32 Å². The molecule has 0 bridgehead atoms. The van der Waals surface area contributed by atoms with E-state index in [9.17, 15) is 18.0 Å². The molecule has 0 aromatic heterocycles. The summed E-state index contributed by atoms with van der Waals surface area (Å²) in [6.45, 7) is 5.31. The number of carbonyl (C=O) groups excluding carboxylic acids is 2. The number of amides is 2. The van der Waals surface area contributed by atoms with E-state index in [0.717, 1.165) is 21.0 Å². The molecule has 1 N–H and O–H groups in total. The van der Waals surface area contributed by atoms with Crippen LogP contribution in [0.3, 0.4) is 0 Å². The number of nitrogens with zero attached hydrogens (tertiary/aromatic N) is 2. The van der Waals surface area contributed by atoms with Gasteiger partial charge in [0.25, 0.3) is 10.0 Å². The number of benzene rings is 3. The Balaban J connectivity index is 2.07. The quantitative estimate of drug-likeness (QED) is 0.398. The van der Waals surface area contributed by atoms with Crippen molar-refractivity contribution >= 4 is 27.5 Å². The number of hydrogen-bond donors (Lipinski definition) is 1. The third-order valence-corrected chi connectivity index (χ3v) is 8.27. The summed E-state index contributed by atoms with van der Waals surface area (Å²) in [4.78, 5) is 28.2. The highest BCUT2D eigenvalue weighted by molar-refractivity contribution is 7.92. The average Bonchev–Trinajstić information content (AvgIpc) is 2.92. The summed E-state index contributed by atoms with van der Waals surface area (Å²) in [6, 6.07) is 19.8. The number of hydrogen-bond acceptors (Lipinski definition) is 5.